The van der Waals surface area contributed by atoms with Gasteiger partial charge in [-0.25, -0.2) is 4.98 Å². The van der Waals surface area contributed by atoms with E-state index >= 15 is 0 Å². The van der Waals surface area contributed by atoms with E-state index in [0.717, 1.165) is 47.5 Å². The first-order valence-electron chi connectivity index (χ1n) is 9.27. The second kappa shape index (κ2) is 7.86. The molecule has 0 aliphatic heterocycles. The molecule has 27 heavy (non-hydrogen) atoms. The second-order valence-corrected chi connectivity index (χ2v) is 8.51. The first-order chi connectivity index (χ1) is 13.2. The summed E-state index contributed by atoms with van der Waals surface area (Å²) in [6, 6.07) is 6.05. The summed E-state index contributed by atoms with van der Waals surface area (Å²) < 4.78 is 4.32. The molecular formula is C20H23N5S2. The Balaban J connectivity index is 1.61. The maximum absolute atomic E-state index is 4.69. The van der Waals surface area contributed by atoms with Gasteiger partial charge in [-0.2, -0.15) is 0 Å². The van der Waals surface area contributed by atoms with Crippen molar-refractivity contribution in [2.75, 3.05) is 0 Å². The molecule has 0 bridgehead atoms. The lowest BCUT2D eigenvalue weighted by atomic mass is 10.1. The normalized spacial score (nSPS) is 11.5. The SMILES string of the molecule is CCCn1c(SCc2cn3ccccc3n2)nnc1-c1csc(C)c1CC. The fourth-order valence-corrected chi connectivity index (χ4v) is 5.11. The van der Waals surface area contributed by atoms with Gasteiger partial charge in [-0.05, 0) is 37.5 Å². The molecule has 0 N–H and O–H groups in total. The Kier molecular flexibility index (Phi) is 5.31. The molecule has 0 atom stereocenters. The maximum Gasteiger partial charge on any atom is 0.191 e. The highest BCUT2D eigenvalue weighted by Gasteiger charge is 2.18. The van der Waals surface area contributed by atoms with Crippen LogP contribution in [0.15, 0.2) is 41.1 Å². The zero-order valence-electron chi connectivity index (χ0n) is 15.8. The Morgan fingerprint density at radius 1 is 1.19 bits per heavy atom. The minimum Gasteiger partial charge on any atom is -0.307 e. The fourth-order valence-electron chi connectivity index (χ4n) is 3.32. The summed E-state index contributed by atoms with van der Waals surface area (Å²) in [7, 11) is 0. The van der Waals surface area contributed by atoms with Gasteiger partial charge < -0.3 is 8.97 Å². The number of aromatic nitrogens is 5. The largest absolute Gasteiger partial charge is 0.307 e. The number of hydrogen-bond acceptors (Lipinski definition) is 5. The summed E-state index contributed by atoms with van der Waals surface area (Å²) in [4.78, 5) is 6.06. The molecule has 140 valence electrons. The molecule has 4 aromatic rings. The van der Waals surface area contributed by atoms with Crippen molar-refractivity contribution in [2.24, 2.45) is 0 Å². The van der Waals surface area contributed by atoms with Gasteiger partial charge in [0.25, 0.3) is 0 Å². The quantitative estimate of drug-likeness (QED) is 0.401. The molecule has 4 rings (SSSR count). The molecule has 0 amide bonds. The van der Waals surface area contributed by atoms with Crippen molar-refractivity contribution in [3.05, 3.63) is 52.1 Å². The number of imidazole rings is 1. The zero-order chi connectivity index (χ0) is 18.8. The third-order valence-electron chi connectivity index (χ3n) is 4.63. The molecule has 0 saturated carbocycles. The van der Waals surface area contributed by atoms with Crippen molar-refractivity contribution in [3.63, 3.8) is 0 Å². The number of fused-ring (bicyclic) bond motifs is 1. The Morgan fingerprint density at radius 2 is 2.07 bits per heavy atom. The summed E-state index contributed by atoms with van der Waals surface area (Å²) in [5.74, 6) is 1.78. The molecule has 0 saturated heterocycles. The van der Waals surface area contributed by atoms with Gasteiger partial charge in [0.15, 0.2) is 11.0 Å². The van der Waals surface area contributed by atoms with Crippen LogP contribution >= 0.6 is 23.1 Å². The standard InChI is InChI=1S/C20H23N5S2/c1-4-9-25-19(17-13-26-14(3)16(17)5-2)22-23-20(25)27-12-15-11-24-10-7-6-8-18(24)21-15/h6-8,10-11,13H,4-5,9,12H2,1-3H3. The number of thiophene rings is 1. The average Bonchev–Trinajstić information content (AvgIpc) is 3.36. The molecule has 0 unspecified atom stereocenters. The van der Waals surface area contributed by atoms with Gasteiger partial charge in [-0.3, -0.25) is 0 Å². The molecule has 0 radical (unpaired) electrons. The lowest BCUT2D eigenvalue weighted by molar-refractivity contribution is 0.626. The lowest BCUT2D eigenvalue weighted by Gasteiger charge is -2.09. The number of nitrogens with zero attached hydrogens (tertiary/aromatic N) is 5. The van der Waals surface area contributed by atoms with Crippen molar-refractivity contribution in [1.29, 1.82) is 0 Å². The van der Waals surface area contributed by atoms with E-state index in [0.29, 0.717) is 0 Å². The summed E-state index contributed by atoms with van der Waals surface area (Å²) in [5.41, 5.74) is 4.66. The van der Waals surface area contributed by atoms with Gasteiger partial charge in [-0.15, -0.1) is 21.5 Å². The van der Waals surface area contributed by atoms with Crippen LogP contribution in [0.5, 0.6) is 0 Å². The molecule has 0 aliphatic carbocycles. The summed E-state index contributed by atoms with van der Waals surface area (Å²) in [6.07, 6.45) is 6.19. The van der Waals surface area contributed by atoms with Crippen molar-refractivity contribution in [3.8, 4) is 11.4 Å². The van der Waals surface area contributed by atoms with E-state index in [9.17, 15) is 0 Å². The molecular weight excluding hydrogens is 374 g/mol. The fraction of sp³-hybridized carbons (Fsp3) is 0.350. The molecule has 4 heterocycles. The third-order valence-corrected chi connectivity index (χ3v) is 6.58. The maximum atomic E-state index is 4.69. The zero-order valence-corrected chi connectivity index (χ0v) is 17.5. The average molecular weight is 398 g/mol. The van der Waals surface area contributed by atoms with E-state index in [1.54, 1.807) is 23.1 Å². The second-order valence-electron chi connectivity index (χ2n) is 6.48. The molecule has 0 spiro atoms. The van der Waals surface area contributed by atoms with Gasteiger partial charge in [0.1, 0.15) is 5.65 Å². The molecule has 7 heteroatoms. The number of hydrogen-bond donors (Lipinski definition) is 0. The van der Waals surface area contributed by atoms with Crippen LogP contribution in [0.2, 0.25) is 0 Å². The Bertz CT molecular complexity index is 1030. The van der Waals surface area contributed by atoms with Gasteiger partial charge in [0.05, 0.1) is 5.69 Å². The first-order valence-corrected chi connectivity index (χ1v) is 11.1. The molecule has 0 fully saturated rings. The van der Waals surface area contributed by atoms with Crippen molar-refractivity contribution < 1.29 is 0 Å². The topological polar surface area (TPSA) is 48.0 Å². The first kappa shape index (κ1) is 18.3. The number of pyridine rings is 1. The van der Waals surface area contributed by atoms with E-state index in [2.05, 4.69) is 56.5 Å². The molecule has 5 nitrogen and oxygen atoms in total. The van der Waals surface area contributed by atoms with E-state index in [4.69, 9.17) is 0 Å². The monoisotopic (exact) mass is 397 g/mol. The van der Waals surface area contributed by atoms with Gasteiger partial charge >= 0.3 is 0 Å². The smallest absolute Gasteiger partial charge is 0.191 e. The summed E-state index contributed by atoms with van der Waals surface area (Å²) in [6.45, 7) is 7.51. The Hall–Kier alpha value is -2.12. The van der Waals surface area contributed by atoms with E-state index in [1.807, 2.05) is 24.4 Å². The van der Waals surface area contributed by atoms with Crippen LogP contribution in [0.4, 0.5) is 0 Å². The van der Waals surface area contributed by atoms with Crippen LogP contribution in [0.3, 0.4) is 0 Å². The predicted molar refractivity (Wildman–Crippen MR) is 112 cm³/mol. The van der Waals surface area contributed by atoms with E-state index in [-0.39, 0.29) is 0 Å². The van der Waals surface area contributed by atoms with Gasteiger partial charge in [-0.1, -0.05) is 31.7 Å². The van der Waals surface area contributed by atoms with Crippen molar-refractivity contribution >= 4 is 28.7 Å². The van der Waals surface area contributed by atoms with Crippen LogP contribution in [-0.4, -0.2) is 24.1 Å². The Morgan fingerprint density at radius 3 is 2.85 bits per heavy atom. The van der Waals surface area contributed by atoms with Gasteiger partial charge in [0.2, 0.25) is 0 Å². The van der Waals surface area contributed by atoms with Crippen LogP contribution in [0.25, 0.3) is 17.0 Å². The number of rotatable bonds is 7. The van der Waals surface area contributed by atoms with Crippen molar-refractivity contribution in [1.82, 2.24) is 24.1 Å². The van der Waals surface area contributed by atoms with Crippen LogP contribution in [-0.2, 0) is 18.7 Å². The highest BCUT2D eigenvalue weighted by Crippen LogP contribution is 2.33. The third kappa shape index (κ3) is 3.53. The number of aryl methyl sites for hydroxylation is 1. The lowest BCUT2D eigenvalue weighted by Crippen LogP contribution is -2.02. The van der Waals surface area contributed by atoms with E-state index < -0.39 is 0 Å². The predicted octanol–water partition coefficient (Wildman–Crippen LogP) is 5.23. The molecule has 4 aromatic heterocycles. The summed E-state index contributed by atoms with van der Waals surface area (Å²) in [5, 5.41) is 12.3. The van der Waals surface area contributed by atoms with Crippen LogP contribution in [0, 0.1) is 6.92 Å². The highest BCUT2D eigenvalue weighted by molar-refractivity contribution is 7.98. The minimum absolute atomic E-state index is 0.785. The minimum atomic E-state index is 0.785. The van der Waals surface area contributed by atoms with Crippen molar-refractivity contribution in [2.45, 2.75) is 51.1 Å². The Labute approximate surface area is 167 Å². The van der Waals surface area contributed by atoms with Crippen LogP contribution < -0.4 is 0 Å². The summed E-state index contributed by atoms with van der Waals surface area (Å²) >= 11 is 3.51. The van der Waals surface area contributed by atoms with Gasteiger partial charge in [0, 0.05) is 40.5 Å². The number of thioether (sulfide) groups is 1. The van der Waals surface area contributed by atoms with Crippen LogP contribution in [0.1, 0.15) is 36.4 Å². The molecule has 0 aromatic carbocycles. The highest BCUT2D eigenvalue weighted by atomic mass is 32.2. The molecule has 0 aliphatic rings. The van der Waals surface area contributed by atoms with E-state index in [1.165, 1.54) is 16.0 Å².